The molecule has 0 saturated carbocycles. The zero-order valence-corrected chi connectivity index (χ0v) is 18.0. The van der Waals surface area contributed by atoms with Crippen LogP contribution < -0.4 is 0 Å². The van der Waals surface area contributed by atoms with Crippen LogP contribution in [0.5, 0.6) is 0 Å². The van der Waals surface area contributed by atoms with Gasteiger partial charge in [0.1, 0.15) is 0 Å². The van der Waals surface area contributed by atoms with Gasteiger partial charge in [-0.15, -0.1) is 0 Å². The van der Waals surface area contributed by atoms with Gasteiger partial charge in [-0.2, -0.15) is 4.31 Å². The van der Waals surface area contributed by atoms with Crippen molar-refractivity contribution >= 4 is 37.8 Å². The van der Waals surface area contributed by atoms with Crippen molar-refractivity contribution in [2.24, 2.45) is 5.92 Å². The van der Waals surface area contributed by atoms with Crippen LogP contribution >= 0.6 is 15.9 Å². The fraction of sp³-hybridized carbons (Fsp3) is 0.556. The summed E-state index contributed by atoms with van der Waals surface area (Å²) in [6.45, 7) is 4.66. The molecule has 0 atom stereocenters. The molecule has 1 aliphatic rings. The molecule has 1 heterocycles. The molecule has 1 aliphatic heterocycles. The summed E-state index contributed by atoms with van der Waals surface area (Å²) in [6, 6.07) is 6.33. The van der Waals surface area contributed by atoms with E-state index in [0.29, 0.717) is 32.5 Å². The summed E-state index contributed by atoms with van der Waals surface area (Å²) >= 11 is 3.28. The van der Waals surface area contributed by atoms with Gasteiger partial charge in [0.05, 0.1) is 24.0 Å². The minimum atomic E-state index is -3.74. The SMILES string of the molecule is CCOC(=O)C1CCN(C(=O)CN(CC)S(=O)(=O)c2ccc(Br)cc2)CC1. The highest BCUT2D eigenvalue weighted by Crippen LogP contribution is 2.21. The van der Waals surface area contributed by atoms with Gasteiger partial charge in [0.2, 0.25) is 15.9 Å². The van der Waals surface area contributed by atoms with Gasteiger partial charge in [0.25, 0.3) is 0 Å². The summed E-state index contributed by atoms with van der Waals surface area (Å²) < 4.78 is 32.6. The van der Waals surface area contributed by atoms with Gasteiger partial charge < -0.3 is 9.64 Å². The van der Waals surface area contributed by atoms with Crippen LogP contribution in [0.25, 0.3) is 0 Å². The van der Waals surface area contributed by atoms with Crippen molar-refractivity contribution < 1.29 is 22.7 Å². The number of piperidine rings is 1. The highest BCUT2D eigenvalue weighted by atomic mass is 79.9. The third-order valence-electron chi connectivity index (χ3n) is 4.58. The number of hydrogen-bond acceptors (Lipinski definition) is 5. The fourth-order valence-electron chi connectivity index (χ4n) is 3.00. The Morgan fingerprint density at radius 3 is 2.30 bits per heavy atom. The third kappa shape index (κ3) is 5.52. The first kappa shape index (κ1) is 21.8. The first-order chi connectivity index (χ1) is 12.8. The zero-order chi connectivity index (χ0) is 20.0. The lowest BCUT2D eigenvalue weighted by molar-refractivity contribution is -0.151. The predicted molar refractivity (Wildman–Crippen MR) is 105 cm³/mol. The van der Waals surface area contributed by atoms with Crippen LogP contribution in [0.15, 0.2) is 33.6 Å². The molecule has 7 nitrogen and oxygen atoms in total. The molecule has 0 unspecified atom stereocenters. The van der Waals surface area contributed by atoms with Gasteiger partial charge in [-0.05, 0) is 44.0 Å². The maximum Gasteiger partial charge on any atom is 0.309 e. The number of carbonyl (C=O) groups excluding carboxylic acids is 2. The third-order valence-corrected chi connectivity index (χ3v) is 7.05. The van der Waals surface area contributed by atoms with Crippen LogP contribution in [0, 0.1) is 5.92 Å². The number of ether oxygens (including phenoxy) is 1. The van der Waals surface area contributed by atoms with E-state index >= 15 is 0 Å². The Morgan fingerprint density at radius 1 is 1.19 bits per heavy atom. The highest BCUT2D eigenvalue weighted by Gasteiger charge is 2.31. The average Bonchev–Trinajstić information content (AvgIpc) is 2.66. The van der Waals surface area contributed by atoms with Crippen LogP contribution in [-0.2, 0) is 24.3 Å². The monoisotopic (exact) mass is 460 g/mol. The molecule has 1 aromatic carbocycles. The van der Waals surface area contributed by atoms with Crippen molar-refractivity contribution in [3.05, 3.63) is 28.7 Å². The molecule has 1 fully saturated rings. The second-order valence-electron chi connectivity index (χ2n) is 6.29. The first-order valence-corrected chi connectivity index (χ1v) is 11.2. The number of halogens is 1. The standard InChI is InChI=1S/C18H25BrN2O5S/c1-3-21(27(24,25)16-7-5-15(19)6-8-16)13-17(22)20-11-9-14(10-12-20)18(23)26-4-2/h5-8,14H,3-4,9-13H2,1-2H3. The molecule has 2 rings (SSSR count). The number of sulfonamides is 1. The number of rotatable bonds is 7. The highest BCUT2D eigenvalue weighted by molar-refractivity contribution is 9.10. The van der Waals surface area contributed by atoms with E-state index in [2.05, 4.69) is 15.9 Å². The molecule has 0 radical (unpaired) electrons. The van der Waals surface area contributed by atoms with Crippen LogP contribution in [0.4, 0.5) is 0 Å². The van der Waals surface area contributed by atoms with E-state index in [1.807, 2.05) is 0 Å². The smallest absolute Gasteiger partial charge is 0.309 e. The Bertz CT molecular complexity index is 758. The van der Waals surface area contributed by atoms with E-state index in [-0.39, 0.29) is 35.8 Å². The van der Waals surface area contributed by atoms with Crippen LogP contribution in [0.1, 0.15) is 26.7 Å². The molecule has 0 bridgehead atoms. The Morgan fingerprint density at radius 2 is 1.78 bits per heavy atom. The number of likely N-dealkylation sites (tertiary alicyclic amines) is 1. The Balaban J connectivity index is 1.99. The van der Waals surface area contributed by atoms with E-state index in [1.165, 1.54) is 16.4 Å². The lowest BCUT2D eigenvalue weighted by Crippen LogP contribution is -2.46. The van der Waals surface area contributed by atoms with Gasteiger partial charge in [0, 0.05) is 24.1 Å². The summed E-state index contributed by atoms with van der Waals surface area (Å²) in [5, 5.41) is 0. The average molecular weight is 461 g/mol. The minimum Gasteiger partial charge on any atom is -0.466 e. The molecular weight excluding hydrogens is 436 g/mol. The molecule has 9 heteroatoms. The Kier molecular flexibility index (Phi) is 7.81. The number of benzene rings is 1. The number of esters is 1. The molecule has 0 N–H and O–H groups in total. The number of nitrogens with zero attached hydrogens (tertiary/aromatic N) is 2. The number of hydrogen-bond donors (Lipinski definition) is 0. The van der Waals surface area contributed by atoms with Gasteiger partial charge in [0.15, 0.2) is 0 Å². The van der Waals surface area contributed by atoms with Gasteiger partial charge in [-0.3, -0.25) is 9.59 Å². The Hall–Kier alpha value is -1.45. The van der Waals surface area contributed by atoms with Crippen molar-refractivity contribution in [1.82, 2.24) is 9.21 Å². The van der Waals surface area contributed by atoms with Crippen molar-refractivity contribution in [3.63, 3.8) is 0 Å². The second kappa shape index (κ2) is 9.66. The summed E-state index contributed by atoms with van der Waals surface area (Å²) in [4.78, 5) is 26.2. The van der Waals surface area contributed by atoms with Crippen molar-refractivity contribution in [3.8, 4) is 0 Å². The van der Waals surface area contributed by atoms with Crippen molar-refractivity contribution in [2.75, 3.05) is 32.8 Å². The quantitative estimate of drug-likeness (QED) is 0.582. The van der Waals surface area contributed by atoms with E-state index in [4.69, 9.17) is 4.74 Å². The predicted octanol–water partition coefficient (Wildman–Crippen LogP) is 2.26. The minimum absolute atomic E-state index is 0.154. The molecular formula is C18H25BrN2O5S. The molecule has 0 spiro atoms. The van der Waals surface area contributed by atoms with Gasteiger partial charge in [-0.1, -0.05) is 22.9 Å². The molecule has 1 amide bonds. The van der Waals surface area contributed by atoms with Crippen LogP contribution in [0.3, 0.4) is 0 Å². The van der Waals surface area contributed by atoms with E-state index in [1.54, 1.807) is 30.9 Å². The molecule has 0 aliphatic carbocycles. The molecule has 0 aromatic heterocycles. The topological polar surface area (TPSA) is 84.0 Å². The van der Waals surface area contributed by atoms with Gasteiger partial charge in [-0.25, -0.2) is 8.42 Å². The van der Waals surface area contributed by atoms with Gasteiger partial charge >= 0.3 is 5.97 Å². The normalized spacial score (nSPS) is 15.8. The van der Waals surface area contributed by atoms with E-state index < -0.39 is 10.0 Å². The molecule has 1 aromatic rings. The fourth-order valence-corrected chi connectivity index (χ4v) is 4.66. The largest absolute Gasteiger partial charge is 0.466 e. The lowest BCUT2D eigenvalue weighted by Gasteiger charge is -2.32. The summed E-state index contributed by atoms with van der Waals surface area (Å²) in [6.07, 6.45) is 1.08. The Labute approximate surface area is 168 Å². The molecule has 150 valence electrons. The van der Waals surface area contributed by atoms with Crippen LogP contribution in [0.2, 0.25) is 0 Å². The van der Waals surface area contributed by atoms with E-state index in [0.717, 1.165) is 4.47 Å². The molecule has 1 saturated heterocycles. The lowest BCUT2D eigenvalue weighted by atomic mass is 9.97. The molecule has 27 heavy (non-hydrogen) atoms. The first-order valence-electron chi connectivity index (χ1n) is 8.99. The maximum absolute atomic E-state index is 12.8. The zero-order valence-electron chi connectivity index (χ0n) is 15.6. The van der Waals surface area contributed by atoms with Crippen molar-refractivity contribution in [2.45, 2.75) is 31.6 Å². The van der Waals surface area contributed by atoms with E-state index in [9.17, 15) is 18.0 Å². The van der Waals surface area contributed by atoms with Crippen molar-refractivity contribution in [1.29, 1.82) is 0 Å². The van der Waals surface area contributed by atoms with Crippen LogP contribution in [-0.4, -0.2) is 62.3 Å². The second-order valence-corrected chi connectivity index (χ2v) is 9.15. The summed E-state index contributed by atoms with van der Waals surface area (Å²) in [7, 11) is -3.74. The number of carbonyl (C=O) groups is 2. The summed E-state index contributed by atoms with van der Waals surface area (Å²) in [5.74, 6) is -0.666. The maximum atomic E-state index is 12.8. The summed E-state index contributed by atoms with van der Waals surface area (Å²) in [5.41, 5.74) is 0. The number of likely N-dealkylation sites (N-methyl/N-ethyl adjacent to an activating group) is 1. The number of amides is 1.